The van der Waals surface area contributed by atoms with E-state index in [-0.39, 0.29) is 11.9 Å². The maximum Gasteiger partial charge on any atom is 0.146 e. The highest BCUT2D eigenvalue weighted by Gasteiger charge is 2.24. The Labute approximate surface area is 128 Å². The molecule has 0 aromatic heterocycles. The SMILES string of the molecule is CCNC(C)c1ccc(N2CCN(C)C(CC)C2)c(F)c1. The summed E-state index contributed by atoms with van der Waals surface area (Å²) in [7, 11) is 2.16. The molecule has 1 aliphatic rings. The van der Waals surface area contributed by atoms with E-state index in [0.717, 1.165) is 43.9 Å². The molecule has 0 amide bonds. The normalized spacial score (nSPS) is 21.6. The molecule has 0 bridgehead atoms. The fraction of sp³-hybridized carbons (Fsp3) is 0.647. The van der Waals surface area contributed by atoms with Crippen molar-refractivity contribution >= 4 is 5.69 Å². The summed E-state index contributed by atoms with van der Waals surface area (Å²) in [5.41, 5.74) is 1.76. The standard InChI is InChI=1S/C17H28FN3/c1-5-15-12-21(10-9-20(15)4)17-8-7-14(11-16(17)18)13(3)19-6-2/h7-8,11,13,15,19H,5-6,9-10,12H2,1-4H3. The van der Waals surface area contributed by atoms with Crippen LogP contribution in [0.1, 0.15) is 38.8 Å². The maximum atomic E-state index is 14.5. The van der Waals surface area contributed by atoms with Gasteiger partial charge in [-0.15, -0.1) is 0 Å². The van der Waals surface area contributed by atoms with Crippen LogP contribution < -0.4 is 10.2 Å². The van der Waals surface area contributed by atoms with Crippen molar-refractivity contribution in [1.29, 1.82) is 0 Å². The van der Waals surface area contributed by atoms with Crippen LogP contribution in [0.25, 0.3) is 0 Å². The van der Waals surface area contributed by atoms with Crippen LogP contribution in [0.3, 0.4) is 0 Å². The van der Waals surface area contributed by atoms with Crippen LogP contribution in [0.4, 0.5) is 10.1 Å². The average molecular weight is 293 g/mol. The molecule has 118 valence electrons. The molecule has 0 saturated carbocycles. The van der Waals surface area contributed by atoms with Gasteiger partial charge in [-0.1, -0.05) is 19.9 Å². The van der Waals surface area contributed by atoms with Crippen LogP contribution >= 0.6 is 0 Å². The summed E-state index contributed by atoms with van der Waals surface area (Å²) in [4.78, 5) is 4.56. The zero-order chi connectivity index (χ0) is 15.4. The number of nitrogens with one attached hydrogen (secondary N) is 1. The van der Waals surface area contributed by atoms with Crippen molar-refractivity contribution in [3.8, 4) is 0 Å². The second-order valence-corrected chi connectivity index (χ2v) is 5.98. The summed E-state index contributed by atoms with van der Waals surface area (Å²) in [6.07, 6.45) is 1.10. The number of likely N-dealkylation sites (N-methyl/N-ethyl adjacent to an activating group) is 1. The van der Waals surface area contributed by atoms with E-state index in [0.29, 0.717) is 6.04 Å². The molecular weight excluding hydrogens is 265 g/mol. The van der Waals surface area contributed by atoms with Gasteiger partial charge in [0.1, 0.15) is 5.82 Å². The smallest absolute Gasteiger partial charge is 0.146 e. The lowest BCUT2D eigenvalue weighted by Gasteiger charge is -2.40. The highest BCUT2D eigenvalue weighted by molar-refractivity contribution is 5.50. The number of benzene rings is 1. The van der Waals surface area contributed by atoms with Crippen molar-refractivity contribution in [2.24, 2.45) is 0 Å². The highest BCUT2D eigenvalue weighted by atomic mass is 19.1. The highest BCUT2D eigenvalue weighted by Crippen LogP contribution is 2.26. The molecule has 0 aliphatic carbocycles. The van der Waals surface area contributed by atoms with Gasteiger partial charge < -0.3 is 10.2 Å². The van der Waals surface area contributed by atoms with Crippen molar-refractivity contribution in [3.05, 3.63) is 29.6 Å². The topological polar surface area (TPSA) is 18.5 Å². The second kappa shape index (κ2) is 7.23. The van der Waals surface area contributed by atoms with Crippen molar-refractivity contribution in [2.75, 3.05) is 38.1 Å². The molecule has 1 aromatic carbocycles. The van der Waals surface area contributed by atoms with E-state index < -0.39 is 0 Å². The zero-order valence-corrected chi connectivity index (χ0v) is 13.7. The van der Waals surface area contributed by atoms with Crippen LogP contribution in [0, 0.1) is 5.82 Å². The predicted molar refractivity (Wildman–Crippen MR) is 87.4 cm³/mol. The molecule has 21 heavy (non-hydrogen) atoms. The Balaban J connectivity index is 2.13. The Morgan fingerprint density at radius 2 is 2.10 bits per heavy atom. The zero-order valence-electron chi connectivity index (χ0n) is 13.7. The van der Waals surface area contributed by atoms with Crippen LogP contribution in [0.15, 0.2) is 18.2 Å². The third kappa shape index (κ3) is 3.74. The summed E-state index contributed by atoms with van der Waals surface area (Å²) < 4.78 is 14.5. The summed E-state index contributed by atoms with van der Waals surface area (Å²) in [5.74, 6) is -0.100. The molecule has 1 heterocycles. The summed E-state index contributed by atoms with van der Waals surface area (Å²) in [6, 6.07) is 6.37. The molecule has 2 rings (SSSR count). The Morgan fingerprint density at radius 3 is 2.71 bits per heavy atom. The first kappa shape index (κ1) is 16.2. The first-order valence-corrected chi connectivity index (χ1v) is 8.04. The summed E-state index contributed by atoms with van der Waals surface area (Å²) in [6.45, 7) is 10.0. The molecule has 0 radical (unpaired) electrons. The van der Waals surface area contributed by atoms with Gasteiger partial charge in [0.15, 0.2) is 0 Å². The Kier molecular flexibility index (Phi) is 5.59. The predicted octanol–water partition coefficient (Wildman–Crippen LogP) is 3.03. The van der Waals surface area contributed by atoms with Gasteiger partial charge in [0, 0.05) is 31.7 Å². The van der Waals surface area contributed by atoms with Crippen molar-refractivity contribution in [3.63, 3.8) is 0 Å². The van der Waals surface area contributed by atoms with Gasteiger partial charge >= 0.3 is 0 Å². The number of piperazine rings is 1. The van der Waals surface area contributed by atoms with Gasteiger partial charge in [0.25, 0.3) is 0 Å². The van der Waals surface area contributed by atoms with Gasteiger partial charge in [-0.3, -0.25) is 4.90 Å². The molecule has 1 fully saturated rings. The van der Waals surface area contributed by atoms with Gasteiger partial charge in [0.2, 0.25) is 0 Å². The number of anilines is 1. The van der Waals surface area contributed by atoms with E-state index in [1.165, 1.54) is 0 Å². The second-order valence-electron chi connectivity index (χ2n) is 5.98. The van der Waals surface area contributed by atoms with Crippen molar-refractivity contribution in [2.45, 2.75) is 39.3 Å². The number of halogens is 1. The molecule has 2 unspecified atom stereocenters. The van der Waals surface area contributed by atoms with Crippen LogP contribution in [0.5, 0.6) is 0 Å². The average Bonchev–Trinajstić information content (AvgIpc) is 2.48. The van der Waals surface area contributed by atoms with Gasteiger partial charge in [-0.25, -0.2) is 4.39 Å². The first-order chi connectivity index (χ1) is 10.1. The molecule has 3 nitrogen and oxygen atoms in total. The van der Waals surface area contributed by atoms with Crippen LogP contribution in [0.2, 0.25) is 0 Å². The number of rotatable bonds is 5. The minimum Gasteiger partial charge on any atom is -0.366 e. The van der Waals surface area contributed by atoms with Gasteiger partial charge in [-0.2, -0.15) is 0 Å². The van der Waals surface area contributed by atoms with E-state index in [2.05, 4.69) is 42.9 Å². The molecule has 1 aromatic rings. The van der Waals surface area contributed by atoms with Crippen molar-refractivity contribution in [1.82, 2.24) is 10.2 Å². The fourth-order valence-corrected chi connectivity index (χ4v) is 3.08. The third-order valence-electron chi connectivity index (χ3n) is 4.57. The molecule has 0 spiro atoms. The molecular formula is C17H28FN3. The summed E-state index contributed by atoms with van der Waals surface area (Å²) in [5, 5.41) is 3.32. The van der Waals surface area contributed by atoms with E-state index in [9.17, 15) is 4.39 Å². The Bertz CT molecular complexity index is 463. The van der Waals surface area contributed by atoms with Gasteiger partial charge in [-0.05, 0) is 44.6 Å². The van der Waals surface area contributed by atoms with Crippen LogP contribution in [-0.2, 0) is 0 Å². The molecule has 1 aliphatic heterocycles. The molecule has 1 N–H and O–H groups in total. The summed E-state index contributed by atoms with van der Waals surface area (Å²) >= 11 is 0. The fourth-order valence-electron chi connectivity index (χ4n) is 3.08. The van der Waals surface area contributed by atoms with Crippen LogP contribution in [-0.4, -0.2) is 44.2 Å². The largest absolute Gasteiger partial charge is 0.366 e. The minimum absolute atomic E-state index is 0.100. The number of nitrogens with zero attached hydrogens (tertiary/aromatic N) is 2. The van der Waals surface area contributed by atoms with E-state index in [4.69, 9.17) is 0 Å². The van der Waals surface area contributed by atoms with E-state index in [1.807, 2.05) is 12.1 Å². The lowest BCUT2D eigenvalue weighted by Crippen LogP contribution is -2.51. The van der Waals surface area contributed by atoms with Crippen molar-refractivity contribution < 1.29 is 4.39 Å². The molecule has 2 atom stereocenters. The first-order valence-electron chi connectivity index (χ1n) is 8.04. The Morgan fingerprint density at radius 1 is 1.33 bits per heavy atom. The number of hydrogen-bond acceptors (Lipinski definition) is 3. The maximum absolute atomic E-state index is 14.5. The number of hydrogen-bond donors (Lipinski definition) is 1. The third-order valence-corrected chi connectivity index (χ3v) is 4.57. The Hall–Kier alpha value is -1.13. The lowest BCUT2D eigenvalue weighted by atomic mass is 10.1. The minimum atomic E-state index is -0.100. The quantitative estimate of drug-likeness (QED) is 0.900. The van der Waals surface area contributed by atoms with Gasteiger partial charge in [0.05, 0.1) is 5.69 Å². The lowest BCUT2D eigenvalue weighted by molar-refractivity contribution is 0.213. The molecule has 1 saturated heterocycles. The monoisotopic (exact) mass is 293 g/mol. The van der Waals surface area contributed by atoms with E-state index in [1.54, 1.807) is 6.07 Å². The van der Waals surface area contributed by atoms with E-state index >= 15 is 0 Å². The molecule has 4 heteroatoms.